The topological polar surface area (TPSA) is 93.7 Å². The maximum absolute atomic E-state index is 11.9. The summed E-state index contributed by atoms with van der Waals surface area (Å²) in [5, 5.41) is 18.9. The highest BCUT2D eigenvalue weighted by molar-refractivity contribution is 6.33. The zero-order valence-electron chi connectivity index (χ0n) is 15.0. The van der Waals surface area contributed by atoms with Crippen LogP contribution in [0.4, 0.5) is 21.0 Å². The van der Waals surface area contributed by atoms with Crippen molar-refractivity contribution in [3.05, 3.63) is 59.1 Å². The number of hydrogen-bond donors (Lipinski definition) is 4. The average molecular weight is 391 g/mol. The van der Waals surface area contributed by atoms with E-state index in [-0.39, 0.29) is 6.03 Å². The molecule has 0 aliphatic rings. The molecule has 0 unspecified atom stereocenters. The Balaban J connectivity index is 1.60. The van der Waals surface area contributed by atoms with Crippen LogP contribution in [0.15, 0.2) is 48.5 Å². The Bertz CT molecular complexity index is 768. The molecule has 0 aliphatic heterocycles. The predicted molar refractivity (Wildman–Crippen MR) is 107 cm³/mol. The molecule has 2 rings (SSSR count). The van der Waals surface area contributed by atoms with E-state index in [4.69, 9.17) is 11.6 Å². The van der Waals surface area contributed by atoms with Crippen LogP contribution in [-0.2, 0) is 0 Å². The summed E-state index contributed by atoms with van der Waals surface area (Å²) in [6, 6.07) is 13.0. The van der Waals surface area contributed by atoms with Gasteiger partial charge in [-0.3, -0.25) is 5.21 Å². The molecule has 0 saturated carbocycles. The second kappa shape index (κ2) is 10.4. The lowest BCUT2D eigenvalue weighted by Crippen LogP contribution is -2.38. The van der Waals surface area contributed by atoms with Crippen LogP contribution in [0, 0.1) is 6.92 Å². The van der Waals surface area contributed by atoms with Crippen molar-refractivity contribution in [1.82, 2.24) is 10.6 Å². The minimum Gasteiger partial charge on any atom is -0.338 e. The molecular formula is C19H23ClN4O3. The second-order valence-corrected chi connectivity index (χ2v) is 6.35. The highest BCUT2D eigenvalue weighted by atomic mass is 35.5. The normalized spacial score (nSPS) is 10.2. The number of benzene rings is 2. The molecule has 0 aliphatic carbocycles. The van der Waals surface area contributed by atoms with Gasteiger partial charge in [0.15, 0.2) is 0 Å². The van der Waals surface area contributed by atoms with Gasteiger partial charge in [0.05, 0.1) is 16.4 Å². The van der Waals surface area contributed by atoms with Crippen LogP contribution in [0.1, 0.15) is 18.4 Å². The zero-order chi connectivity index (χ0) is 19.6. The van der Waals surface area contributed by atoms with E-state index in [1.165, 1.54) is 0 Å². The number of halogens is 1. The quantitative estimate of drug-likeness (QED) is 0.325. The van der Waals surface area contributed by atoms with Gasteiger partial charge in [-0.1, -0.05) is 41.4 Å². The number of urea groups is 2. The third-order valence-corrected chi connectivity index (χ3v) is 4.09. The molecule has 2 aromatic rings. The molecular weight excluding hydrogens is 368 g/mol. The SMILES string of the molecule is Cc1ccc(N(O)C(=O)NCCCCNC(=O)Nc2ccccc2Cl)cc1. The molecule has 8 heteroatoms. The molecule has 2 aromatic carbocycles. The number of carbonyl (C=O) groups is 2. The maximum atomic E-state index is 11.9. The fraction of sp³-hybridized carbons (Fsp3) is 0.263. The van der Waals surface area contributed by atoms with Crippen molar-refractivity contribution in [2.45, 2.75) is 19.8 Å². The Morgan fingerprint density at radius 3 is 2.30 bits per heavy atom. The molecule has 0 aromatic heterocycles. The molecule has 7 nitrogen and oxygen atoms in total. The number of hydrogen-bond acceptors (Lipinski definition) is 3. The smallest absolute Gasteiger partial charge is 0.338 e. The lowest BCUT2D eigenvalue weighted by molar-refractivity contribution is 0.204. The van der Waals surface area contributed by atoms with E-state index in [9.17, 15) is 14.8 Å². The zero-order valence-corrected chi connectivity index (χ0v) is 15.8. The highest BCUT2D eigenvalue weighted by Gasteiger charge is 2.12. The summed E-state index contributed by atoms with van der Waals surface area (Å²) in [6.07, 6.45) is 1.33. The van der Waals surface area contributed by atoms with Gasteiger partial charge in [-0.25, -0.2) is 9.59 Å². The molecule has 0 saturated heterocycles. The maximum Gasteiger partial charge on any atom is 0.345 e. The van der Waals surface area contributed by atoms with Crippen molar-refractivity contribution in [2.24, 2.45) is 0 Å². The fourth-order valence-electron chi connectivity index (χ4n) is 2.25. The number of aryl methyl sites for hydroxylation is 1. The molecule has 4 amide bonds. The Morgan fingerprint density at radius 2 is 1.63 bits per heavy atom. The number of amides is 4. The molecule has 0 spiro atoms. The third-order valence-electron chi connectivity index (χ3n) is 3.76. The van der Waals surface area contributed by atoms with Crippen molar-refractivity contribution < 1.29 is 14.8 Å². The minimum atomic E-state index is -0.594. The number of carbonyl (C=O) groups excluding carboxylic acids is 2. The van der Waals surface area contributed by atoms with E-state index in [0.29, 0.717) is 47.4 Å². The van der Waals surface area contributed by atoms with E-state index in [0.717, 1.165) is 5.56 Å². The summed E-state index contributed by atoms with van der Waals surface area (Å²) in [7, 11) is 0. The highest BCUT2D eigenvalue weighted by Crippen LogP contribution is 2.20. The summed E-state index contributed by atoms with van der Waals surface area (Å²) in [5.74, 6) is 0. The third kappa shape index (κ3) is 6.80. The first kappa shape index (κ1) is 20.5. The van der Waals surface area contributed by atoms with Crippen molar-refractivity contribution >= 4 is 35.0 Å². The van der Waals surface area contributed by atoms with Crippen LogP contribution in [0.2, 0.25) is 5.02 Å². The molecule has 0 heterocycles. The Morgan fingerprint density at radius 1 is 1.00 bits per heavy atom. The van der Waals surface area contributed by atoms with Crippen LogP contribution < -0.4 is 21.0 Å². The van der Waals surface area contributed by atoms with Crippen LogP contribution in [0.25, 0.3) is 0 Å². The van der Waals surface area contributed by atoms with Crippen LogP contribution in [-0.4, -0.2) is 30.4 Å². The fourth-order valence-corrected chi connectivity index (χ4v) is 2.44. The summed E-state index contributed by atoms with van der Waals surface area (Å²) in [5.41, 5.74) is 1.98. The summed E-state index contributed by atoms with van der Waals surface area (Å²) in [6.45, 7) is 2.76. The van der Waals surface area contributed by atoms with Gasteiger partial charge in [-0.15, -0.1) is 0 Å². The van der Waals surface area contributed by atoms with Crippen molar-refractivity contribution in [3.63, 3.8) is 0 Å². The summed E-state index contributed by atoms with van der Waals surface area (Å²) >= 11 is 5.97. The standard InChI is InChI=1S/C19H23ClN4O3/c1-14-8-10-15(11-9-14)24(27)19(26)22-13-5-4-12-21-18(25)23-17-7-3-2-6-16(17)20/h2-3,6-11,27H,4-5,12-13H2,1H3,(H,22,26)(H2,21,23,25). The summed E-state index contributed by atoms with van der Waals surface area (Å²) < 4.78 is 0. The van der Waals surface area contributed by atoms with Gasteiger partial charge in [0.25, 0.3) is 0 Å². The number of unbranched alkanes of at least 4 members (excludes halogenated alkanes) is 1. The largest absolute Gasteiger partial charge is 0.345 e. The van der Waals surface area contributed by atoms with Gasteiger partial charge in [0.1, 0.15) is 0 Å². The van der Waals surface area contributed by atoms with Gasteiger partial charge >= 0.3 is 12.1 Å². The monoisotopic (exact) mass is 390 g/mol. The molecule has 144 valence electrons. The second-order valence-electron chi connectivity index (χ2n) is 5.95. The number of para-hydroxylation sites is 1. The molecule has 0 bridgehead atoms. The molecule has 0 radical (unpaired) electrons. The van der Waals surface area contributed by atoms with Crippen molar-refractivity contribution in [3.8, 4) is 0 Å². The number of anilines is 2. The molecule has 4 N–H and O–H groups in total. The predicted octanol–water partition coefficient (Wildman–Crippen LogP) is 4.16. The lowest BCUT2D eigenvalue weighted by atomic mass is 10.2. The van der Waals surface area contributed by atoms with Gasteiger partial charge < -0.3 is 16.0 Å². The lowest BCUT2D eigenvalue weighted by Gasteiger charge is -2.16. The molecule has 0 atom stereocenters. The van der Waals surface area contributed by atoms with Crippen LogP contribution in [0.5, 0.6) is 0 Å². The van der Waals surface area contributed by atoms with Crippen LogP contribution >= 0.6 is 11.6 Å². The first-order valence-electron chi connectivity index (χ1n) is 8.60. The van der Waals surface area contributed by atoms with E-state index in [1.54, 1.807) is 36.4 Å². The number of nitrogens with one attached hydrogen (secondary N) is 3. The van der Waals surface area contributed by atoms with E-state index >= 15 is 0 Å². The van der Waals surface area contributed by atoms with Gasteiger partial charge in [-0.2, -0.15) is 5.06 Å². The van der Waals surface area contributed by atoms with Crippen molar-refractivity contribution in [1.29, 1.82) is 0 Å². The van der Waals surface area contributed by atoms with Crippen molar-refractivity contribution in [2.75, 3.05) is 23.5 Å². The molecule has 0 fully saturated rings. The summed E-state index contributed by atoms with van der Waals surface area (Å²) in [4.78, 5) is 23.7. The first-order valence-corrected chi connectivity index (χ1v) is 8.98. The number of nitrogens with zero attached hydrogens (tertiary/aromatic N) is 1. The first-order chi connectivity index (χ1) is 13.0. The number of hydroxylamine groups is 1. The minimum absolute atomic E-state index is 0.340. The van der Waals surface area contributed by atoms with Gasteiger partial charge in [0, 0.05) is 13.1 Å². The van der Waals surface area contributed by atoms with E-state index in [1.807, 2.05) is 19.1 Å². The average Bonchev–Trinajstić information content (AvgIpc) is 2.66. The van der Waals surface area contributed by atoms with E-state index < -0.39 is 6.03 Å². The van der Waals surface area contributed by atoms with Crippen LogP contribution in [0.3, 0.4) is 0 Å². The Kier molecular flexibility index (Phi) is 7.91. The van der Waals surface area contributed by atoms with Gasteiger partial charge in [-0.05, 0) is 44.0 Å². The van der Waals surface area contributed by atoms with Gasteiger partial charge in [0.2, 0.25) is 0 Å². The number of rotatable bonds is 7. The Hall–Kier alpha value is -2.77. The Labute approximate surface area is 163 Å². The molecule has 27 heavy (non-hydrogen) atoms. The van der Waals surface area contributed by atoms with E-state index in [2.05, 4.69) is 16.0 Å².